The molecule has 1 atom stereocenters. The lowest BCUT2D eigenvalue weighted by molar-refractivity contribution is -0.0983. The van der Waals surface area contributed by atoms with Crippen LogP contribution >= 0.6 is 0 Å². The van der Waals surface area contributed by atoms with E-state index >= 15 is 0 Å². The van der Waals surface area contributed by atoms with Gasteiger partial charge in [-0.3, -0.25) is 4.68 Å². The number of allylic oxidation sites excluding steroid dienone is 2. The van der Waals surface area contributed by atoms with Gasteiger partial charge < -0.3 is 35.4 Å². The number of amides is 1. The Bertz CT molecular complexity index is 1440. The van der Waals surface area contributed by atoms with Crippen LogP contribution in [0.5, 0.6) is 5.75 Å². The lowest BCUT2D eigenvalue weighted by Gasteiger charge is -2.43. The highest BCUT2D eigenvalue weighted by molar-refractivity contribution is 5.86. The van der Waals surface area contributed by atoms with E-state index in [4.69, 9.17) is 20.3 Å². The molecule has 2 aromatic rings. The van der Waals surface area contributed by atoms with E-state index < -0.39 is 5.60 Å². The van der Waals surface area contributed by atoms with Crippen molar-refractivity contribution in [3.63, 3.8) is 0 Å². The average molecular weight is 647 g/mol. The number of likely N-dealkylation sites (tertiary alicyclic amines) is 2. The quantitative estimate of drug-likeness (QED) is 0.332. The molecule has 47 heavy (non-hydrogen) atoms. The van der Waals surface area contributed by atoms with Gasteiger partial charge in [0.25, 0.3) is 0 Å². The Morgan fingerprint density at radius 2 is 1.81 bits per heavy atom. The molecule has 10 nitrogen and oxygen atoms in total. The van der Waals surface area contributed by atoms with E-state index in [1.54, 1.807) is 6.07 Å². The lowest BCUT2D eigenvalue weighted by Crippen LogP contribution is -2.47. The van der Waals surface area contributed by atoms with Gasteiger partial charge in [0.15, 0.2) is 0 Å². The van der Waals surface area contributed by atoms with Crippen LogP contribution in [0.2, 0.25) is 0 Å². The van der Waals surface area contributed by atoms with Crippen LogP contribution in [0.25, 0.3) is 11.3 Å². The van der Waals surface area contributed by atoms with Crippen LogP contribution in [0.1, 0.15) is 89.8 Å². The standard InChI is InChI=1S/C37H54N6O4/c1-25(43-24-28(22-40-43)32-21-34(39-14-9-33(32)38)31-7-5-6-8-35(31)44)27-10-15-41(16-11-27)23-26-19-30(20-26)46-29-12-17-42(18-13-29)36(45)47-37(2,3)4/h5-8,21-22,24-27,29-30,39,44H,9-20,23,38H2,1-4H3. The summed E-state index contributed by atoms with van der Waals surface area (Å²) < 4.78 is 14.1. The van der Waals surface area contributed by atoms with Gasteiger partial charge in [-0.2, -0.15) is 5.10 Å². The molecule has 3 aliphatic heterocycles. The molecule has 256 valence electrons. The number of phenols is 1. The van der Waals surface area contributed by atoms with E-state index in [0.29, 0.717) is 43.6 Å². The van der Waals surface area contributed by atoms with Gasteiger partial charge >= 0.3 is 6.09 Å². The normalized spacial score (nSPS) is 24.3. The van der Waals surface area contributed by atoms with E-state index in [9.17, 15) is 9.90 Å². The minimum atomic E-state index is -0.456. The second kappa shape index (κ2) is 14.3. The Labute approximate surface area is 280 Å². The number of nitrogens with two attached hydrogens (primary N) is 1. The van der Waals surface area contributed by atoms with Crippen molar-refractivity contribution < 1.29 is 19.4 Å². The number of para-hydroxylation sites is 1. The van der Waals surface area contributed by atoms with Crippen molar-refractivity contribution in [2.24, 2.45) is 17.6 Å². The number of nitrogens with zero attached hydrogens (tertiary/aromatic N) is 4. The SMILES string of the molecule is CC(C1CCN(CC2CC(OC3CCN(C(=O)OC(C)(C)C)CC3)C2)CC1)n1cc(C2=C(N)CCNC(c3ccccc3O)=C2)cn1. The Morgan fingerprint density at radius 1 is 1.09 bits per heavy atom. The number of aromatic hydroxyl groups is 1. The Morgan fingerprint density at radius 3 is 2.51 bits per heavy atom. The molecule has 1 aromatic carbocycles. The number of carbonyl (C=O) groups is 1. The van der Waals surface area contributed by atoms with Gasteiger partial charge in [-0.25, -0.2) is 4.79 Å². The predicted octanol–water partition coefficient (Wildman–Crippen LogP) is 5.76. The molecule has 0 spiro atoms. The fourth-order valence-corrected chi connectivity index (χ4v) is 7.50. The largest absolute Gasteiger partial charge is 0.507 e. The first-order valence-electron chi connectivity index (χ1n) is 17.6. The zero-order valence-electron chi connectivity index (χ0n) is 28.7. The van der Waals surface area contributed by atoms with E-state index in [1.807, 2.05) is 56.1 Å². The van der Waals surface area contributed by atoms with E-state index in [1.165, 1.54) is 12.8 Å². The van der Waals surface area contributed by atoms with Gasteiger partial charge in [0, 0.05) is 66.9 Å². The summed E-state index contributed by atoms with van der Waals surface area (Å²) in [6, 6.07) is 7.70. The third-order valence-corrected chi connectivity index (χ3v) is 10.4. The minimum absolute atomic E-state index is 0.208. The zero-order chi connectivity index (χ0) is 33.1. The predicted molar refractivity (Wildman–Crippen MR) is 184 cm³/mol. The number of hydrogen-bond donors (Lipinski definition) is 3. The molecule has 3 fully saturated rings. The number of hydrogen-bond acceptors (Lipinski definition) is 8. The van der Waals surface area contributed by atoms with Crippen molar-refractivity contribution in [2.75, 3.05) is 39.3 Å². The van der Waals surface area contributed by atoms with Crippen LogP contribution < -0.4 is 11.1 Å². The summed E-state index contributed by atoms with van der Waals surface area (Å²) in [6.45, 7) is 13.6. The molecule has 4 aliphatic rings. The second-order valence-corrected chi connectivity index (χ2v) is 15.0. The molecular formula is C37H54N6O4. The third kappa shape index (κ3) is 8.33. The van der Waals surface area contributed by atoms with E-state index in [2.05, 4.69) is 28.0 Å². The van der Waals surface area contributed by atoms with Gasteiger partial charge in [-0.05, 0) is 109 Å². The van der Waals surface area contributed by atoms with Gasteiger partial charge in [-0.1, -0.05) is 12.1 Å². The second-order valence-electron chi connectivity index (χ2n) is 15.0. The maximum atomic E-state index is 12.4. The molecule has 0 radical (unpaired) electrons. The number of rotatable bonds is 8. The van der Waals surface area contributed by atoms with Crippen molar-refractivity contribution in [3.05, 3.63) is 59.6 Å². The van der Waals surface area contributed by atoms with E-state index in [0.717, 1.165) is 79.8 Å². The minimum Gasteiger partial charge on any atom is -0.507 e. The van der Waals surface area contributed by atoms with Gasteiger partial charge in [0.1, 0.15) is 11.4 Å². The van der Waals surface area contributed by atoms with E-state index in [-0.39, 0.29) is 17.9 Å². The fourth-order valence-electron chi connectivity index (χ4n) is 7.50. The third-order valence-electron chi connectivity index (χ3n) is 10.4. The molecule has 1 unspecified atom stereocenters. The first kappa shape index (κ1) is 33.4. The monoisotopic (exact) mass is 646 g/mol. The smallest absolute Gasteiger partial charge is 0.410 e. The molecule has 1 saturated carbocycles. The highest BCUT2D eigenvalue weighted by Gasteiger charge is 2.36. The summed E-state index contributed by atoms with van der Waals surface area (Å²) in [5.41, 5.74) is 10.5. The van der Waals surface area contributed by atoms with Crippen molar-refractivity contribution in [3.8, 4) is 5.75 Å². The van der Waals surface area contributed by atoms with Crippen molar-refractivity contribution in [1.29, 1.82) is 0 Å². The number of benzene rings is 1. The van der Waals surface area contributed by atoms with Crippen LogP contribution in [-0.4, -0.2) is 87.9 Å². The van der Waals surface area contributed by atoms with Crippen LogP contribution in [-0.2, 0) is 9.47 Å². The number of carbonyl (C=O) groups excluding carboxylic acids is 1. The summed E-state index contributed by atoms with van der Waals surface area (Å²) in [6.07, 6.45) is 13.7. The van der Waals surface area contributed by atoms with Crippen LogP contribution in [0, 0.1) is 11.8 Å². The van der Waals surface area contributed by atoms with Gasteiger partial charge in [0.05, 0.1) is 24.4 Å². The van der Waals surface area contributed by atoms with Crippen LogP contribution in [0.3, 0.4) is 0 Å². The van der Waals surface area contributed by atoms with Gasteiger partial charge in [0.2, 0.25) is 0 Å². The van der Waals surface area contributed by atoms with Crippen molar-refractivity contribution in [1.82, 2.24) is 24.9 Å². The van der Waals surface area contributed by atoms with Crippen LogP contribution in [0.15, 0.2) is 48.4 Å². The van der Waals surface area contributed by atoms with Gasteiger partial charge in [-0.15, -0.1) is 0 Å². The first-order valence-corrected chi connectivity index (χ1v) is 17.6. The average Bonchev–Trinajstić information content (AvgIpc) is 3.43. The Hall–Kier alpha value is -3.50. The summed E-state index contributed by atoms with van der Waals surface area (Å²) in [7, 11) is 0. The highest BCUT2D eigenvalue weighted by atomic mass is 16.6. The Balaban J connectivity index is 0.934. The van der Waals surface area contributed by atoms with Crippen molar-refractivity contribution >= 4 is 17.4 Å². The molecule has 2 saturated heterocycles. The summed E-state index contributed by atoms with van der Waals surface area (Å²) in [5.74, 6) is 1.55. The molecule has 1 amide bonds. The molecule has 4 N–H and O–H groups in total. The molecule has 1 aromatic heterocycles. The van der Waals surface area contributed by atoms with Crippen molar-refractivity contribution in [2.45, 2.75) is 96.5 Å². The number of aromatic nitrogens is 2. The number of phenolic OH excluding ortho intramolecular Hbond substituents is 1. The fraction of sp³-hybridized carbons (Fsp3) is 0.622. The van der Waals surface area contributed by atoms with Crippen LogP contribution in [0.4, 0.5) is 4.79 Å². The summed E-state index contributed by atoms with van der Waals surface area (Å²) >= 11 is 0. The number of nitrogens with one attached hydrogen (secondary N) is 1. The topological polar surface area (TPSA) is 118 Å². The highest BCUT2D eigenvalue weighted by Crippen LogP contribution is 2.36. The molecule has 10 heteroatoms. The lowest BCUT2D eigenvalue weighted by atomic mass is 9.81. The summed E-state index contributed by atoms with van der Waals surface area (Å²) in [5, 5.41) is 18.7. The number of piperidine rings is 2. The maximum Gasteiger partial charge on any atom is 0.410 e. The molecule has 1 aliphatic carbocycles. The molecule has 0 bridgehead atoms. The molecule has 6 rings (SSSR count). The maximum absolute atomic E-state index is 12.4. The number of ether oxygens (including phenoxy) is 2. The molecular weight excluding hydrogens is 592 g/mol. The first-order chi connectivity index (χ1) is 22.5. The summed E-state index contributed by atoms with van der Waals surface area (Å²) in [4.78, 5) is 16.8. The molecule has 4 heterocycles. The Kier molecular flexibility index (Phi) is 10.2. The zero-order valence-corrected chi connectivity index (χ0v) is 28.7.